The summed E-state index contributed by atoms with van der Waals surface area (Å²) in [5, 5.41) is 6.75. The molecule has 0 aliphatic heterocycles. The van der Waals surface area contributed by atoms with Crippen LogP contribution in [-0.2, 0) is 0 Å². The Labute approximate surface area is 154 Å². The minimum absolute atomic E-state index is 0.576. The van der Waals surface area contributed by atoms with E-state index < -0.39 is 0 Å². The summed E-state index contributed by atoms with van der Waals surface area (Å²) in [6, 6.07) is 13.7. The fourth-order valence-corrected chi connectivity index (χ4v) is 3.64. The van der Waals surface area contributed by atoms with E-state index in [1.165, 1.54) is 0 Å². The van der Waals surface area contributed by atoms with Crippen LogP contribution < -0.4 is 14.2 Å². The molecule has 2 aromatic carbocycles. The number of fused-ring (bicyclic) bond motifs is 1. The molecule has 0 fully saturated rings. The third-order valence-corrected chi connectivity index (χ3v) is 4.91. The van der Waals surface area contributed by atoms with E-state index in [1.807, 2.05) is 28.8 Å². The monoisotopic (exact) mass is 367 g/mol. The Balaban J connectivity index is 1.86. The molecule has 0 amide bonds. The molecule has 0 bridgehead atoms. The topological polar surface area (TPSA) is 57.9 Å². The molecule has 0 spiro atoms. The molecule has 6 nitrogen and oxygen atoms in total. The summed E-state index contributed by atoms with van der Waals surface area (Å²) in [4.78, 5) is 5.48. The minimum Gasteiger partial charge on any atom is -0.496 e. The normalized spacial score (nSPS) is 10.9. The first-order valence-corrected chi connectivity index (χ1v) is 8.83. The number of methoxy groups -OCH3 is 3. The molecule has 0 unspecified atom stereocenters. The van der Waals surface area contributed by atoms with Gasteiger partial charge in [0.2, 0.25) is 4.96 Å². The van der Waals surface area contributed by atoms with E-state index in [4.69, 9.17) is 19.3 Å². The van der Waals surface area contributed by atoms with Crippen molar-refractivity contribution in [2.45, 2.75) is 0 Å². The molecule has 2 aromatic heterocycles. The zero-order chi connectivity index (χ0) is 18.1. The van der Waals surface area contributed by atoms with Crippen molar-refractivity contribution < 1.29 is 14.2 Å². The Morgan fingerprint density at radius 3 is 2.27 bits per heavy atom. The molecule has 0 aliphatic rings. The highest BCUT2D eigenvalue weighted by atomic mass is 32.1. The van der Waals surface area contributed by atoms with Crippen molar-refractivity contribution in [2.75, 3.05) is 21.3 Å². The van der Waals surface area contributed by atoms with Crippen LogP contribution in [0.3, 0.4) is 0 Å². The number of ether oxygens (including phenoxy) is 3. The van der Waals surface area contributed by atoms with E-state index in [2.05, 4.69) is 22.5 Å². The molecule has 4 rings (SSSR count). The molecule has 0 N–H and O–H groups in total. The van der Waals surface area contributed by atoms with Crippen LogP contribution in [0.25, 0.3) is 27.6 Å². The molecule has 26 heavy (non-hydrogen) atoms. The smallest absolute Gasteiger partial charge is 0.213 e. The highest BCUT2D eigenvalue weighted by Crippen LogP contribution is 2.39. The maximum absolute atomic E-state index is 5.51. The van der Waals surface area contributed by atoms with Crippen LogP contribution in [-0.4, -0.2) is 35.9 Å². The van der Waals surface area contributed by atoms with Crippen LogP contribution in [0.2, 0.25) is 0 Å². The maximum atomic E-state index is 5.51. The van der Waals surface area contributed by atoms with Crippen molar-refractivity contribution in [3.63, 3.8) is 0 Å². The lowest BCUT2D eigenvalue weighted by molar-refractivity contribution is 0.349. The van der Waals surface area contributed by atoms with Gasteiger partial charge in [-0.15, -0.1) is 16.4 Å². The van der Waals surface area contributed by atoms with Crippen LogP contribution >= 0.6 is 11.3 Å². The number of thiazole rings is 1. The van der Waals surface area contributed by atoms with E-state index in [0.29, 0.717) is 23.1 Å². The zero-order valence-corrected chi connectivity index (χ0v) is 15.4. The summed E-state index contributed by atoms with van der Waals surface area (Å²) in [5.41, 5.74) is 2.85. The quantitative estimate of drug-likeness (QED) is 0.530. The molecule has 4 aromatic rings. The second-order valence-electron chi connectivity index (χ2n) is 5.52. The van der Waals surface area contributed by atoms with Gasteiger partial charge in [0.15, 0.2) is 17.3 Å². The van der Waals surface area contributed by atoms with Gasteiger partial charge >= 0.3 is 0 Å². The number of rotatable bonds is 5. The maximum Gasteiger partial charge on any atom is 0.213 e. The molecule has 7 heteroatoms. The first-order valence-electron chi connectivity index (χ1n) is 7.95. The van der Waals surface area contributed by atoms with Crippen molar-refractivity contribution in [2.24, 2.45) is 0 Å². The second-order valence-corrected chi connectivity index (χ2v) is 6.36. The van der Waals surface area contributed by atoms with Crippen LogP contribution in [0, 0.1) is 0 Å². The van der Waals surface area contributed by atoms with E-state index in [-0.39, 0.29) is 0 Å². The van der Waals surface area contributed by atoms with Crippen molar-refractivity contribution in [1.29, 1.82) is 0 Å². The Morgan fingerprint density at radius 1 is 0.885 bits per heavy atom. The fraction of sp³-hybridized carbons (Fsp3) is 0.158. The summed E-state index contributed by atoms with van der Waals surface area (Å²) in [6.07, 6.45) is 0. The lowest BCUT2D eigenvalue weighted by Gasteiger charge is -2.12. The highest BCUT2D eigenvalue weighted by molar-refractivity contribution is 7.15. The van der Waals surface area contributed by atoms with E-state index in [9.17, 15) is 0 Å². The van der Waals surface area contributed by atoms with Crippen LogP contribution in [0.5, 0.6) is 17.2 Å². The van der Waals surface area contributed by atoms with Gasteiger partial charge in [0.05, 0.1) is 32.6 Å². The van der Waals surface area contributed by atoms with Crippen molar-refractivity contribution >= 4 is 16.3 Å². The largest absolute Gasteiger partial charge is 0.496 e. The molecular weight excluding hydrogens is 350 g/mol. The number of nitrogens with zero attached hydrogens (tertiary/aromatic N) is 3. The predicted molar refractivity (Wildman–Crippen MR) is 101 cm³/mol. The summed E-state index contributed by atoms with van der Waals surface area (Å²) in [6.45, 7) is 0. The number of aromatic nitrogens is 3. The summed E-state index contributed by atoms with van der Waals surface area (Å²) >= 11 is 1.55. The molecule has 0 radical (unpaired) electrons. The number of hydrogen-bond acceptors (Lipinski definition) is 6. The third-order valence-electron chi connectivity index (χ3n) is 4.10. The van der Waals surface area contributed by atoms with E-state index >= 15 is 0 Å². The average molecular weight is 367 g/mol. The van der Waals surface area contributed by atoms with Crippen LogP contribution in [0.4, 0.5) is 0 Å². The Bertz CT molecular complexity index is 1060. The SMILES string of the molecule is COc1cc(OC)c(-c2nc3scc(-c4ccccc4)n3n2)cc1OC. The molecule has 0 saturated heterocycles. The van der Waals surface area contributed by atoms with Crippen LogP contribution in [0.15, 0.2) is 47.8 Å². The minimum atomic E-state index is 0.576. The lowest BCUT2D eigenvalue weighted by atomic mass is 10.1. The van der Waals surface area contributed by atoms with Gasteiger partial charge in [-0.25, -0.2) is 4.52 Å². The summed E-state index contributed by atoms with van der Waals surface area (Å²) < 4.78 is 18.1. The van der Waals surface area contributed by atoms with Gasteiger partial charge in [0.1, 0.15) is 5.75 Å². The van der Waals surface area contributed by atoms with Gasteiger partial charge in [0.25, 0.3) is 0 Å². The average Bonchev–Trinajstić information content (AvgIpc) is 3.28. The molecular formula is C19H17N3O3S. The van der Waals surface area contributed by atoms with Gasteiger partial charge in [-0.1, -0.05) is 30.3 Å². The van der Waals surface area contributed by atoms with Gasteiger partial charge < -0.3 is 14.2 Å². The Morgan fingerprint density at radius 2 is 1.58 bits per heavy atom. The predicted octanol–water partition coefficient (Wildman–Crippen LogP) is 4.15. The fourth-order valence-electron chi connectivity index (χ4n) is 2.81. The van der Waals surface area contributed by atoms with E-state index in [1.54, 1.807) is 38.7 Å². The molecule has 132 valence electrons. The Hall–Kier alpha value is -3.06. The summed E-state index contributed by atoms with van der Waals surface area (Å²) in [7, 11) is 4.80. The molecule has 2 heterocycles. The van der Waals surface area contributed by atoms with E-state index in [0.717, 1.165) is 21.8 Å². The highest BCUT2D eigenvalue weighted by Gasteiger charge is 2.19. The number of benzene rings is 2. The number of hydrogen-bond donors (Lipinski definition) is 0. The lowest BCUT2D eigenvalue weighted by Crippen LogP contribution is -1.96. The molecule has 0 atom stereocenters. The summed E-state index contributed by atoms with van der Waals surface area (Å²) in [5.74, 6) is 2.40. The van der Waals surface area contributed by atoms with Gasteiger partial charge in [-0.2, -0.15) is 4.98 Å². The molecule has 0 aliphatic carbocycles. The van der Waals surface area contributed by atoms with Gasteiger partial charge in [-0.05, 0) is 6.07 Å². The third kappa shape index (κ3) is 2.66. The first-order chi connectivity index (χ1) is 12.7. The van der Waals surface area contributed by atoms with Gasteiger partial charge in [-0.3, -0.25) is 0 Å². The molecule has 0 saturated carbocycles. The standard InChI is InChI=1S/C19H17N3O3S/c1-23-15-10-17(25-3)16(24-2)9-13(15)18-20-19-22(21-18)14(11-26-19)12-7-5-4-6-8-12/h4-11H,1-3H3. The van der Waals surface area contributed by atoms with Gasteiger partial charge in [0, 0.05) is 17.0 Å². The van der Waals surface area contributed by atoms with Crippen LogP contribution in [0.1, 0.15) is 0 Å². The Kier molecular flexibility index (Phi) is 4.22. The van der Waals surface area contributed by atoms with Crippen molar-refractivity contribution in [1.82, 2.24) is 14.6 Å². The zero-order valence-electron chi connectivity index (χ0n) is 14.6. The first kappa shape index (κ1) is 16.4. The van der Waals surface area contributed by atoms with Crippen molar-refractivity contribution in [3.05, 3.63) is 47.8 Å². The van der Waals surface area contributed by atoms with Crippen molar-refractivity contribution in [3.8, 4) is 39.9 Å². The second kappa shape index (κ2) is 6.68.